The van der Waals surface area contributed by atoms with E-state index in [-0.39, 0.29) is 0 Å². The molecule has 0 unspecified atom stereocenters. The zero-order valence-electron chi connectivity index (χ0n) is 8.48. The Morgan fingerprint density at radius 1 is 1.20 bits per heavy atom. The number of hydrogen-bond acceptors (Lipinski definition) is 3. The first-order valence-corrected chi connectivity index (χ1v) is 4.87. The second-order valence-electron chi connectivity index (χ2n) is 3.03. The summed E-state index contributed by atoms with van der Waals surface area (Å²) in [6.45, 7) is 3.83. The predicted octanol–water partition coefficient (Wildman–Crippen LogP) is 0.991. The van der Waals surface area contributed by atoms with Crippen LogP contribution >= 0.6 is 0 Å². The number of hydrogen-bond donors (Lipinski definition) is 2. The lowest BCUT2D eigenvalue weighted by Gasteiger charge is -2.10. The van der Waals surface area contributed by atoms with Gasteiger partial charge in [0.2, 0.25) is 0 Å². The summed E-state index contributed by atoms with van der Waals surface area (Å²) in [7, 11) is 0. The summed E-state index contributed by atoms with van der Waals surface area (Å²) in [5.41, 5.74) is 0.331. The van der Waals surface area contributed by atoms with Crippen LogP contribution in [0.15, 0.2) is 30.3 Å². The van der Waals surface area contributed by atoms with Crippen molar-refractivity contribution in [3.63, 3.8) is 0 Å². The molecule has 0 aromatic heterocycles. The number of morpholine rings is 1. The molecule has 0 saturated carbocycles. The van der Waals surface area contributed by atoms with E-state index in [0.717, 1.165) is 26.3 Å². The van der Waals surface area contributed by atoms with Crippen molar-refractivity contribution in [1.29, 1.82) is 0 Å². The van der Waals surface area contributed by atoms with Crippen molar-refractivity contribution in [2.75, 3.05) is 26.3 Å². The van der Waals surface area contributed by atoms with Crippen LogP contribution in [0.5, 0.6) is 0 Å². The van der Waals surface area contributed by atoms with Crippen LogP contribution in [-0.4, -0.2) is 37.4 Å². The van der Waals surface area contributed by atoms with Crippen molar-refractivity contribution in [3.8, 4) is 0 Å². The summed E-state index contributed by atoms with van der Waals surface area (Å²) in [5, 5.41) is 11.5. The molecular formula is C11H15NO3. The highest BCUT2D eigenvalue weighted by atomic mass is 16.5. The van der Waals surface area contributed by atoms with E-state index in [2.05, 4.69) is 5.32 Å². The fourth-order valence-corrected chi connectivity index (χ4v) is 1.10. The van der Waals surface area contributed by atoms with Gasteiger partial charge in [-0.05, 0) is 12.1 Å². The molecule has 0 amide bonds. The molecule has 0 atom stereocenters. The maximum atomic E-state index is 10.2. The van der Waals surface area contributed by atoms with Crippen LogP contribution in [0.3, 0.4) is 0 Å². The summed E-state index contributed by atoms with van der Waals surface area (Å²) in [4.78, 5) is 10.2. The van der Waals surface area contributed by atoms with Gasteiger partial charge < -0.3 is 15.2 Å². The van der Waals surface area contributed by atoms with Crippen molar-refractivity contribution >= 4 is 5.97 Å². The Kier molecular flexibility index (Phi) is 5.43. The van der Waals surface area contributed by atoms with Gasteiger partial charge in [-0.25, -0.2) is 4.79 Å². The molecule has 4 nitrogen and oxygen atoms in total. The molecule has 0 spiro atoms. The van der Waals surface area contributed by atoms with Gasteiger partial charge in [0.15, 0.2) is 0 Å². The van der Waals surface area contributed by atoms with E-state index < -0.39 is 5.97 Å². The molecule has 1 aromatic carbocycles. The molecule has 15 heavy (non-hydrogen) atoms. The number of benzene rings is 1. The monoisotopic (exact) mass is 209 g/mol. The normalized spacial score (nSPS) is 14.9. The number of aromatic carboxylic acids is 1. The van der Waals surface area contributed by atoms with Crippen LogP contribution < -0.4 is 5.32 Å². The minimum absolute atomic E-state index is 0.331. The molecule has 2 rings (SSSR count). The van der Waals surface area contributed by atoms with E-state index in [4.69, 9.17) is 9.84 Å². The Balaban J connectivity index is 0.000000162. The summed E-state index contributed by atoms with van der Waals surface area (Å²) in [6, 6.07) is 8.30. The van der Waals surface area contributed by atoms with Crippen LogP contribution in [0, 0.1) is 0 Å². The Bertz CT molecular complexity index is 272. The van der Waals surface area contributed by atoms with Gasteiger partial charge in [-0.2, -0.15) is 0 Å². The zero-order chi connectivity index (χ0) is 10.9. The lowest BCUT2D eigenvalue weighted by atomic mass is 10.2. The molecule has 0 aliphatic carbocycles. The number of carboxylic acids is 1. The molecule has 0 radical (unpaired) electrons. The molecule has 1 fully saturated rings. The zero-order valence-corrected chi connectivity index (χ0v) is 8.48. The summed E-state index contributed by atoms with van der Waals surface area (Å²) >= 11 is 0. The van der Waals surface area contributed by atoms with Gasteiger partial charge in [0.25, 0.3) is 0 Å². The molecule has 1 aliphatic rings. The van der Waals surface area contributed by atoms with Crippen molar-refractivity contribution in [2.24, 2.45) is 0 Å². The highest BCUT2D eigenvalue weighted by Gasteiger charge is 1.96. The number of ether oxygens (including phenoxy) is 1. The number of carboxylic acid groups (broad SMARTS) is 1. The van der Waals surface area contributed by atoms with Crippen LogP contribution in [-0.2, 0) is 4.74 Å². The first-order valence-electron chi connectivity index (χ1n) is 4.87. The maximum Gasteiger partial charge on any atom is 0.335 e. The molecule has 4 heteroatoms. The van der Waals surface area contributed by atoms with Crippen LogP contribution in [0.25, 0.3) is 0 Å². The maximum absolute atomic E-state index is 10.2. The van der Waals surface area contributed by atoms with Crippen molar-refractivity contribution in [3.05, 3.63) is 35.9 Å². The summed E-state index contributed by atoms with van der Waals surface area (Å²) in [5.74, 6) is -0.879. The average Bonchev–Trinajstić information content (AvgIpc) is 2.33. The van der Waals surface area contributed by atoms with Gasteiger partial charge in [-0.1, -0.05) is 18.2 Å². The van der Waals surface area contributed by atoms with Gasteiger partial charge >= 0.3 is 5.97 Å². The number of carbonyl (C=O) groups is 1. The molecule has 1 aliphatic heterocycles. The van der Waals surface area contributed by atoms with E-state index in [1.165, 1.54) is 0 Å². The molecule has 82 valence electrons. The Labute approximate surface area is 88.9 Å². The second kappa shape index (κ2) is 6.98. The number of rotatable bonds is 1. The Hall–Kier alpha value is -1.39. The Morgan fingerprint density at radius 3 is 2.07 bits per heavy atom. The van der Waals surface area contributed by atoms with Gasteiger partial charge in [0, 0.05) is 13.1 Å². The van der Waals surface area contributed by atoms with Crippen LogP contribution in [0.1, 0.15) is 10.4 Å². The smallest absolute Gasteiger partial charge is 0.335 e. The predicted molar refractivity (Wildman–Crippen MR) is 57.1 cm³/mol. The topological polar surface area (TPSA) is 58.6 Å². The Morgan fingerprint density at radius 2 is 1.80 bits per heavy atom. The quantitative estimate of drug-likeness (QED) is 0.724. The fourth-order valence-electron chi connectivity index (χ4n) is 1.10. The SMILES string of the molecule is C1COCCN1.O=C(O)c1ccccc1. The molecule has 1 heterocycles. The first-order chi connectivity index (χ1) is 7.30. The van der Waals surface area contributed by atoms with Crippen molar-refractivity contribution in [2.45, 2.75) is 0 Å². The minimum atomic E-state index is -0.879. The van der Waals surface area contributed by atoms with Gasteiger partial charge in [-0.15, -0.1) is 0 Å². The first kappa shape index (κ1) is 11.7. The van der Waals surface area contributed by atoms with E-state index in [1.54, 1.807) is 30.3 Å². The standard InChI is InChI=1S/C7H6O2.C4H9NO/c8-7(9)6-4-2-1-3-5-6;1-3-6-4-2-5-1/h1-5H,(H,8,9);5H,1-4H2. The summed E-state index contributed by atoms with van der Waals surface area (Å²) in [6.07, 6.45) is 0. The third kappa shape index (κ3) is 5.15. The third-order valence-electron chi connectivity index (χ3n) is 1.87. The molecule has 2 N–H and O–H groups in total. The molecule has 1 aromatic rings. The third-order valence-corrected chi connectivity index (χ3v) is 1.87. The minimum Gasteiger partial charge on any atom is -0.478 e. The highest BCUT2D eigenvalue weighted by Crippen LogP contribution is 1.96. The van der Waals surface area contributed by atoms with E-state index in [9.17, 15) is 4.79 Å². The molecular weight excluding hydrogens is 194 g/mol. The largest absolute Gasteiger partial charge is 0.478 e. The van der Waals surface area contributed by atoms with E-state index >= 15 is 0 Å². The van der Waals surface area contributed by atoms with Gasteiger partial charge in [0.1, 0.15) is 0 Å². The lowest BCUT2D eigenvalue weighted by molar-refractivity contribution is 0.0697. The van der Waals surface area contributed by atoms with Crippen molar-refractivity contribution in [1.82, 2.24) is 5.32 Å². The van der Waals surface area contributed by atoms with Crippen LogP contribution in [0.4, 0.5) is 0 Å². The summed E-state index contributed by atoms with van der Waals surface area (Å²) < 4.78 is 5.01. The van der Waals surface area contributed by atoms with Crippen molar-refractivity contribution < 1.29 is 14.6 Å². The van der Waals surface area contributed by atoms with E-state index in [1.807, 2.05) is 0 Å². The average molecular weight is 209 g/mol. The molecule has 0 bridgehead atoms. The highest BCUT2D eigenvalue weighted by molar-refractivity contribution is 5.87. The van der Waals surface area contributed by atoms with Crippen LogP contribution in [0.2, 0.25) is 0 Å². The lowest BCUT2D eigenvalue weighted by Crippen LogP contribution is -2.30. The van der Waals surface area contributed by atoms with Gasteiger partial charge in [0.05, 0.1) is 18.8 Å². The second-order valence-corrected chi connectivity index (χ2v) is 3.03. The van der Waals surface area contributed by atoms with E-state index in [0.29, 0.717) is 5.56 Å². The molecule has 1 saturated heterocycles. The van der Waals surface area contributed by atoms with Gasteiger partial charge in [-0.3, -0.25) is 0 Å². The fraction of sp³-hybridized carbons (Fsp3) is 0.364. The number of nitrogens with one attached hydrogen (secondary N) is 1.